The van der Waals surface area contributed by atoms with E-state index < -0.39 is 0 Å². The van der Waals surface area contributed by atoms with Crippen molar-refractivity contribution < 1.29 is 0 Å². The van der Waals surface area contributed by atoms with Gasteiger partial charge in [-0.3, -0.25) is 0 Å². The largest absolute Gasteiger partial charge is 0.320 e. The maximum atomic E-state index is 3.26. The Bertz CT molecular complexity index is 371. The predicted molar refractivity (Wildman–Crippen MR) is 83.8 cm³/mol. The van der Waals surface area contributed by atoms with Gasteiger partial charge in [-0.1, -0.05) is 57.4 Å². The van der Waals surface area contributed by atoms with Crippen LogP contribution in [0, 0.1) is 0 Å². The quantitative estimate of drug-likeness (QED) is 0.813. The van der Waals surface area contributed by atoms with Crippen LogP contribution in [0.4, 0.5) is 0 Å². The molecule has 0 amide bonds. The summed E-state index contributed by atoms with van der Waals surface area (Å²) in [4.78, 5) is 0. The van der Waals surface area contributed by atoms with Gasteiger partial charge in [0.25, 0.3) is 0 Å². The molecule has 1 aliphatic carbocycles. The van der Waals surface area contributed by atoms with Crippen molar-refractivity contribution in [2.75, 3.05) is 13.6 Å². The number of rotatable bonds is 5. The lowest BCUT2D eigenvalue weighted by Crippen LogP contribution is -2.23. The molecule has 1 N–H and O–H groups in total. The lowest BCUT2D eigenvalue weighted by atomic mass is 9.79. The first-order chi connectivity index (χ1) is 9.13. The van der Waals surface area contributed by atoms with Crippen molar-refractivity contribution in [3.8, 4) is 0 Å². The molecule has 106 valence electrons. The molecule has 0 bridgehead atoms. The van der Waals surface area contributed by atoms with Crippen LogP contribution in [0.15, 0.2) is 24.3 Å². The van der Waals surface area contributed by atoms with E-state index in [0.29, 0.717) is 0 Å². The Morgan fingerprint density at radius 3 is 2.26 bits per heavy atom. The maximum Gasteiger partial charge on any atom is -0.00436 e. The molecule has 0 aliphatic heterocycles. The Morgan fingerprint density at radius 2 is 1.68 bits per heavy atom. The van der Waals surface area contributed by atoms with E-state index in [1.54, 1.807) is 5.56 Å². The van der Waals surface area contributed by atoms with E-state index in [9.17, 15) is 0 Å². The van der Waals surface area contributed by atoms with E-state index in [-0.39, 0.29) is 5.41 Å². The first kappa shape index (κ1) is 14.6. The summed E-state index contributed by atoms with van der Waals surface area (Å²) >= 11 is 0. The summed E-state index contributed by atoms with van der Waals surface area (Å²) in [6, 6.07) is 9.48. The highest BCUT2D eigenvalue weighted by molar-refractivity contribution is 5.30. The fourth-order valence-corrected chi connectivity index (χ4v) is 3.22. The second-order valence-electron chi connectivity index (χ2n) is 6.69. The third kappa shape index (κ3) is 3.82. The van der Waals surface area contributed by atoms with Crippen molar-refractivity contribution in [1.29, 1.82) is 0 Å². The number of nitrogens with one attached hydrogen (secondary N) is 1. The number of benzene rings is 1. The van der Waals surface area contributed by atoms with Crippen LogP contribution in [0.5, 0.6) is 0 Å². The van der Waals surface area contributed by atoms with Gasteiger partial charge < -0.3 is 5.32 Å². The van der Waals surface area contributed by atoms with E-state index in [1.807, 2.05) is 7.05 Å². The van der Waals surface area contributed by atoms with Crippen molar-refractivity contribution in [3.05, 3.63) is 35.4 Å². The molecule has 0 spiro atoms. The highest BCUT2D eigenvalue weighted by Crippen LogP contribution is 2.34. The highest BCUT2D eigenvalue weighted by atomic mass is 14.8. The normalized spacial score (nSPS) is 17.6. The van der Waals surface area contributed by atoms with Crippen LogP contribution in [0.25, 0.3) is 0 Å². The van der Waals surface area contributed by atoms with Gasteiger partial charge in [0.2, 0.25) is 0 Å². The van der Waals surface area contributed by atoms with Crippen molar-refractivity contribution >= 4 is 0 Å². The smallest absolute Gasteiger partial charge is 0.00436 e. The molecule has 1 aliphatic rings. The molecule has 0 saturated heterocycles. The lowest BCUT2D eigenvalue weighted by molar-refractivity contribution is 0.442. The molecule has 0 unspecified atom stereocenters. The van der Waals surface area contributed by atoms with Crippen LogP contribution in [0.2, 0.25) is 0 Å². The van der Waals surface area contributed by atoms with Crippen LogP contribution in [-0.4, -0.2) is 13.6 Å². The van der Waals surface area contributed by atoms with E-state index in [0.717, 1.165) is 12.5 Å². The average molecular weight is 259 g/mol. The van der Waals surface area contributed by atoms with Crippen molar-refractivity contribution in [2.45, 2.75) is 63.7 Å². The first-order valence-electron chi connectivity index (χ1n) is 7.88. The molecular formula is C18H29N. The molecule has 1 saturated carbocycles. The standard InChI is InChI=1S/C18H29N/c1-18(2,13-14-19-3)17-11-9-16(10-12-17)15-7-5-4-6-8-15/h9-12,15,19H,4-8,13-14H2,1-3H3. The fourth-order valence-electron chi connectivity index (χ4n) is 3.22. The van der Waals surface area contributed by atoms with E-state index in [4.69, 9.17) is 0 Å². The van der Waals surface area contributed by atoms with Gasteiger partial charge in [0, 0.05) is 0 Å². The zero-order valence-corrected chi connectivity index (χ0v) is 12.8. The SMILES string of the molecule is CNCCC(C)(C)c1ccc(C2CCCCC2)cc1. The Labute approximate surface area is 118 Å². The first-order valence-corrected chi connectivity index (χ1v) is 7.88. The van der Waals surface area contributed by atoms with E-state index in [1.165, 1.54) is 44.1 Å². The van der Waals surface area contributed by atoms with Gasteiger partial charge in [-0.05, 0) is 55.3 Å². The van der Waals surface area contributed by atoms with Crippen molar-refractivity contribution in [1.82, 2.24) is 5.32 Å². The fraction of sp³-hybridized carbons (Fsp3) is 0.667. The van der Waals surface area contributed by atoms with Crippen LogP contribution in [-0.2, 0) is 5.41 Å². The molecule has 1 heteroatoms. The third-order valence-corrected chi connectivity index (χ3v) is 4.77. The number of hydrogen-bond acceptors (Lipinski definition) is 1. The molecule has 0 radical (unpaired) electrons. The minimum atomic E-state index is 0.272. The van der Waals surface area contributed by atoms with Crippen LogP contribution in [0.1, 0.15) is 69.4 Å². The topological polar surface area (TPSA) is 12.0 Å². The molecule has 1 fully saturated rings. The van der Waals surface area contributed by atoms with E-state index >= 15 is 0 Å². The van der Waals surface area contributed by atoms with Gasteiger partial charge in [-0.25, -0.2) is 0 Å². The highest BCUT2D eigenvalue weighted by Gasteiger charge is 2.21. The van der Waals surface area contributed by atoms with Crippen molar-refractivity contribution in [3.63, 3.8) is 0 Å². The minimum Gasteiger partial charge on any atom is -0.320 e. The molecule has 1 nitrogen and oxygen atoms in total. The molecule has 1 aromatic rings. The summed E-state index contributed by atoms with van der Waals surface area (Å²) in [6.07, 6.45) is 8.24. The predicted octanol–water partition coefficient (Wildman–Crippen LogP) is 4.62. The maximum absolute atomic E-state index is 3.26. The van der Waals surface area contributed by atoms with Gasteiger partial charge in [0.15, 0.2) is 0 Å². The second-order valence-corrected chi connectivity index (χ2v) is 6.69. The third-order valence-electron chi connectivity index (χ3n) is 4.77. The summed E-state index contributed by atoms with van der Waals surface area (Å²) in [5, 5.41) is 3.26. The van der Waals surface area contributed by atoms with Gasteiger partial charge in [-0.15, -0.1) is 0 Å². The second kappa shape index (κ2) is 6.56. The van der Waals surface area contributed by atoms with E-state index in [2.05, 4.69) is 43.4 Å². The van der Waals surface area contributed by atoms with Crippen LogP contribution >= 0.6 is 0 Å². The van der Waals surface area contributed by atoms with Crippen LogP contribution < -0.4 is 5.32 Å². The summed E-state index contributed by atoms with van der Waals surface area (Å²) in [5.41, 5.74) is 3.31. The Balaban J connectivity index is 2.04. The summed E-state index contributed by atoms with van der Waals surface area (Å²) in [5.74, 6) is 0.822. The van der Waals surface area contributed by atoms with Gasteiger partial charge >= 0.3 is 0 Å². The molecular weight excluding hydrogens is 230 g/mol. The molecule has 19 heavy (non-hydrogen) atoms. The van der Waals surface area contributed by atoms with Gasteiger partial charge in [0.05, 0.1) is 0 Å². The van der Waals surface area contributed by atoms with Crippen LogP contribution in [0.3, 0.4) is 0 Å². The Morgan fingerprint density at radius 1 is 1.05 bits per heavy atom. The molecule has 1 aromatic carbocycles. The van der Waals surface area contributed by atoms with Gasteiger partial charge in [0.1, 0.15) is 0 Å². The molecule has 2 rings (SSSR count). The van der Waals surface area contributed by atoms with Crippen molar-refractivity contribution in [2.24, 2.45) is 0 Å². The number of hydrogen-bond donors (Lipinski definition) is 1. The Hall–Kier alpha value is -0.820. The molecule has 0 heterocycles. The molecule has 0 atom stereocenters. The molecule has 0 aromatic heterocycles. The minimum absolute atomic E-state index is 0.272. The summed E-state index contributed by atoms with van der Waals surface area (Å²) in [6.45, 7) is 5.78. The zero-order chi connectivity index (χ0) is 13.7. The lowest BCUT2D eigenvalue weighted by Gasteiger charge is -2.27. The Kier molecular flexibility index (Phi) is 5.04. The van der Waals surface area contributed by atoms with Gasteiger partial charge in [-0.2, -0.15) is 0 Å². The average Bonchev–Trinajstić information content (AvgIpc) is 2.46. The zero-order valence-electron chi connectivity index (χ0n) is 12.8. The summed E-state index contributed by atoms with van der Waals surface area (Å²) < 4.78 is 0. The monoisotopic (exact) mass is 259 g/mol. The summed E-state index contributed by atoms with van der Waals surface area (Å²) in [7, 11) is 2.03.